The lowest BCUT2D eigenvalue weighted by molar-refractivity contribution is 0.0700. The molecular weight excluding hydrogens is 284 g/mol. The van der Waals surface area contributed by atoms with E-state index in [0.717, 1.165) is 23.7 Å². The Balaban J connectivity index is 1.96. The number of carboxylic acids is 1. The Morgan fingerprint density at radius 3 is 2.57 bits per heavy atom. The van der Waals surface area contributed by atoms with Gasteiger partial charge in [-0.2, -0.15) is 0 Å². The maximum absolute atomic E-state index is 11.3. The molecule has 21 heavy (non-hydrogen) atoms. The van der Waals surface area contributed by atoms with Crippen molar-refractivity contribution in [1.82, 2.24) is 9.88 Å². The monoisotopic (exact) mass is 310 g/mol. The molecule has 1 aromatic rings. The minimum atomic E-state index is -0.844. The van der Waals surface area contributed by atoms with E-state index in [9.17, 15) is 9.90 Å². The molecule has 1 heterocycles. The number of rotatable bonds is 6. The van der Waals surface area contributed by atoms with E-state index in [4.69, 9.17) is 0 Å². The maximum Gasteiger partial charge on any atom is 0.347 e. The van der Waals surface area contributed by atoms with Crippen LogP contribution in [-0.2, 0) is 6.42 Å². The van der Waals surface area contributed by atoms with Gasteiger partial charge in [-0.05, 0) is 25.8 Å². The molecule has 0 radical (unpaired) electrons. The van der Waals surface area contributed by atoms with Crippen molar-refractivity contribution in [3.63, 3.8) is 0 Å². The predicted molar refractivity (Wildman–Crippen MR) is 86.4 cm³/mol. The smallest absolute Gasteiger partial charge is 0.347 e. The number of nitrogens with zero attached hydrogens (tertiary/aromatic N) is 2. The van der Waals surface area contributed by atoms with Gasteiger partial charge in [0.2, 0.25) is 0 Å². The molecule has 0 amide bonds. The van der Waals surface area contributed by atoms with Crippen molar-refractivity contribution in [2.45, 2.75) is 64.3 Å². The molecule has 1 aromatic heterocycles. The quantitative estimate of drug-likeness (QED) is 0.869. The molecule has 1 aliphatic rings. The zero-order chi connectivity index (χ0) is 15.4. The normalized spacial score (nSPS) is 16.8. The Hall–Kier alpha value is -0.940. The third-order valence-electron chi connectivity index (χ3n) is 4.32. The lowest BCUT2D eigenvalue weighted by Crippen LogP contribution is -2.34. The maximum atomic E-state index is 11.3. The highest BCUT2D eigenvalue weighted by Gasteiger charge is 2.21. The van der Waals surface area contributed by atoms with Crippen LogP contribution in [0.15, 0.2) is 0 Å². The van der Waals surface area contributed by atoms with Gasteiger partial charge in [-0.15, -0.1) is 11.3 Å². The predicted octanol–water partition coefficient (Wildman–Crippen LogP) is 3.77. The topological polar surface area (TPSA) is 53.4 Å². The van der Waals surface area contributed by atoms with E-state index < -0.39 is 5.97 Å². The first-order valence-electron chi connectivity index (χ1n) is 7.92. The van der Waals surface area contributed by atoms with Gasteiger partial charge < -0.3 is 10.0 Å². The largest absolute Gasteiger partial charge is 0.477 e. The van der Waals surface area contributed by atoms with Gasteiger partial charge in [0, 0.05) is 19.0 Å². The molecule has 0 unspecified atom stereocenters. The summed E-state index contributed by atoms with van der Waals surface area (Å²) in [6, 6.07) is 0.697. The van der Waals surface area contributed by atoms with Crippen LogP contribution >= 0.6 is 11.3 Å². The molecule has 4 nitrogen and oxygen atoms in total. The number of aromatic carboxylic acids is 1. The average Bonchev–Trinajstić information content (AvgIpc) is 2.90. The second kappa shape index (κ2) is 7.36. The van der Waals surface area contributed by atoms with E-state index in [1.165, 1.54) is 43.4 Å². The fraction of sp³-hybridized carbons (Fsp3) is 0.750. The van der Waals surface area contributed by atoms with Crippen LogP contribution in [0.1, 0.15) is 72.2 Å². The molecule has 118 valence electrons. The molecule has 0 atom stereocenters. The molecule has 0 spiro atoms. The van der Waals surface area contributed by atoms with E-state index in [1.54, 1.807) is 0 Å². The first-order valence-corrected chi connectivity index (χ1v) is 8.73. The summed E-state index contributed by atoms with van der Waals surface area (Å²) in [5, 5.41) is 10.2. The highest BCUT2D eigenvalue weighted by atomic mass is 32.1. The standard InChI is InChI=1S/C16H26N2O2S/c1-11(2)14-15(16(19)20)21-13(17-14)9-10-18(3)12-7-5-4-6-8-12/h11-12H,4-10H2,1-3H3,(H,19,20). The Kier molecular flexibility index (Phi) is 5.76. The van der Waals surface area contributed by atoms with E-state index in [1.807, 2.05) is 13.8 Å². The summed E-state index contributed by atoms with van der Waals surface area (Å²) in [6.07, 6.45) is 7.50. The number of hydrogen-bond acceptors (Lipinski definition) is 4. The zero-order valence-electron chi connectivity index (χ0n) is 13.3. The third kappa shape index (κ3) is 4.27. The zero-order valence-corrected chi connectivity index (χ0v) is 14.1. The van der Waals surface area contributed by atoms with Crippen molar-refractivity contribution in [2.24, 2.45) is 0 Å². The van der Waals surface area contributed by atoms with Gasteiger partial charge in [-0.1, -0.05) is 33.1 Å². The van der Waals surface area contributed by atoms with Gasteiger partial charge in [0.05, 0.1) is 10.7 Å². The summed E-state index contributed by atoms with van der Waals surface area (Å²) < 4.78 is 0. The molecule has 0 bridgehead atoms. The second-order valence-corrected chi connectivity index (χ2v) is 7.39. The number of thiazole rings is 1. The highest BCUT2D eigenvalue weighted by molar-refractivity contribution is 7.13. The average molecular weight is 310 g/mol. The summed E-state index contributed by atoms with van der Waals surface area (Å²) in [7, 11) is 2.19. The summed E-state index contributed by atoms with van der Waals surface area (Å²) in [5.74, 6) is -0.680. The van der Waals surface area contributed by atoms with Crippen molar-refractivity contribution < 1.29 is 9.90 Å². The first-order chi connectivity index (χ1) is 9.99. The van der Waals surface area contributed by atoms with Crippen LogP contribution in [0.2, 0.25) is 0 Å². The minimum absolute atomic E-state index is 0.164. The molecule has 1 fully saturated rings. The molecule has 5 heteroatoms. The van der Waals surface area contributed by atoms with Gasteiger partial charge >= 0.3 is 5.97 Å². The van der Waals surface area contributed by atoms with Gasteiger partial charge in [-0.3, -0.25) is 0 Å². The second-order valence-electron chi connectivity index (χ2n) is 6.30. The molecule has 1 aliphatic carbocycles. The molecule has 1 N–H and O–H groups in total. The molecule has 0 aromatic carbocycles. The van der Waals surface area contributed by atoms with Gasteiger partial charge in [0.1, 0.15) is 4.88 Å². The number of likely N-dealkylation sites (N-methyl/N-ethyl adjacent to an activating group) is 1. The Morgan fingerprint density at radius 1 is 1.38 bits per heavy atom. The minimum Gasteiger partial charge on any atom is -0.477 e. The fourth-order valence-electron chi connectivity index (χ4n) is 3.01. The lowest BCUT2D eigenvalue weighted by Gasteiger charge is -2.30. The van der Waals surface area contributed by atoms with Crippen LogP contribution in [0.25, 0.3) is 0 Å². The van der Waals surface area contributed by atoms with Crippen LogP contribution in [0.3, 0.4) is 0 Å². The van der Waals surface area contributed by atoms with Crippen molar-refractivity contribution in [3.8, 4) is 0 Å². The van der Waals surface area contributed by atoms with Crippen LogP contribution in [0, 0.1) is 0 Å². The van der Waals surface area contributed by atoms with Crippen LogP contribution in [0.5, 0.6) is 0 Å². The summed E-state index contributed by atoms with van der Waals surface area (Å²) in [5.41, 5.74) is 0.739. The van der Waals surface area contributed by atoms with Crippen LogP contribution < -0.4 is 0 Å². The number of carboxylic acid groups (broad SMARTS) is 1. The molecule has 2 rings (SSSR count). The molecule has 0 aliphatic heterocycles. The van der Waals surface area contributed by atoms with Gasteiger partial charge in [0.15, 0.2) is 0 Å². The first kappa shape index (κ1) is 16.4. The van der Waals surface area contributed by atoms with Gasteiger partial charge in [-0.25, -0.2) is 9.78 Å². The van der Waals surface area contributed by atoms with Crippen molar-refractivity contribution in [3.05, 3.63) is 15.6 Å². The third-order valence-corrected chi connectivity index (χ3v) is 5.43. The highest BCUT2D eigenvalue weighted by Crippen LogP contribution is 2.26. The van der Waals surface area contributed by atoms with E-state index in [2.05, 4.69) is 16.9 Å². The SMILES string of the molecule is CC(C)c1nc(CCN(C)C2CCCCC2)sc1C(=O)O. The summed E-state index contributed by atoms with van der Waals surface area (Å²) >= 11 is 1.35. The van der Waals surface area contributed by atoms with E-state index >= 15 is 0 Å². The van der Waals surface area contributed by atoms with Crippen molar-refractivity contribution in [1.29, 1.82) is 0 Å². The van der Waals surface area contributed by atoms with Crippen LogP contribution in [-0.4, -0.2) is 40.6 Å². The van der Waals surface area contributed by atoms with E-state index in [-0.39, 0.29) is 5.92 Å². The van der Waals surface area contributed by atoms with Crippen molar-refractivity contribution >= 4 is 17.3 Å². The fourth-order valence-corrected chi connectivity index (χ4v) is 4.05. The number of hydrogen-bond donors (Lipinski definition) is 1. The Bertz CT molecular complexity index is 479. The number of carbonyl (C=O) groups is 1. The molecular formula is C16H26N2O2S. The Labute approximate surface area is 131 Å². The van der Waals surface area contributed by atoms with Gasteiger partial charge in [0.25, 0.3) is 0 Å². The molecule has 1 saturated carbocycles. The summed E-state index contributed by atoms with van der Waals surface area (Å²) in [6.45, 7) is 4.97. The van der Waals surface area contributed by atoms with Crippen LogP contribution in [0.4, 0.5) is 0 Å². The number of aromatic nitrogens is 1. The van der Waals surface area contributed by atoms with E-state index in [0.29, 0.717) is 10.9 Å². The molecule has 0 saturated heterocycles. The lowest BCUT2D eigenvalue weighted by atomic mass is 9.94. The Morgan fingerprint density at radius 2 is 2.05 bits per heavy atom. The summed E-state index contributed by atoms with van der Waals surface area (Å²) in [4.78, 5) is 18.7. The van der Waals surface area contributed by atoms with Crippen molar-refractivity contribution in [2.75, 3.05) is 13.6 Å².